The number of aryl methyl sites for hydroxylation is 1. The van der Waals surface area contributed by atoms with Crippen LogP contribution >= 0.6 is 0 Å². The van der Waals surface area contributed by atoms with E-state index >= 15 is 0 Å². The van der Waals surface area contributed by atoms with Crippen LogP contribution in [0.3, 0.4) is 0 Å². The molecule has 3 nitrogen and oxygen atoms in total. The highest BCUT2D eigenvalue weighted by atomic mass is 16.5. The number of ether oxygens (including phenoxy) is 2. The zero-order valence-corrected chi connectivity index (χ0v) is 9.60. The third kappa shape index (κ3) is 4.17. The Hall–Kier alpha value is -1.77. The lowest BCUT2D eigenvalue weighted by Gasteiger charge is -2.08. The van der Waals surface area contributed by atoms with Crippen LogP contribution in [0.15, 0.2) is 30.4 Å². The summed E-state index contributed by atoms with van der Waals surface area (Å²) >= 11 is 0. The fourth-order valence-electron chi connectivity index (χ4n) is 1.31. The fourth-order valence-corrected chi connectivity index (χ4v) is 1.31. The van der Waals surface area contributed by atoms with Gasteiger partial charge in [0.05, 0.1) is 13.7 Å². The highest BCUT2D eigenvalue weighted by molar-refractivity contribution is 5.64. The van der Waals surface area contributed by atoms with Gasteiger partial charge in [0.2, 0.25) is 0 Å². The van der Waals surface area contributed by atoms with Crippen molar-refractivity contribution in [3.63, 3.8) is 0 Å². The monoisotopic (exact) mass is 220 g/mol. The second-order valence-corrected chi connectivity index (χ2v) is 3.39. The van der Waals surface area contributed by atoms with Gasteiger partial charge >= 0.3 is 0 Å². The van der Waals surface area contributed by atoms with Crippen LogP contribution in [0.5, 0.6) is 11.5 Å². The molecule has 0 heterocycles. The summed E-state index contributed by atoms with van der Waals surface area (Å²) in [6, 6.07) is 5.74. The van der Waals surface area contributed by atoms with Crippen LogP contribution in [0, 0.1) is 6.92 Å². The molecule has 0 amide bonds. The molecule has 0 spiro atoms. The van der Waals surface area contributed by atoms with E-state index in [9.17, 15) is 4.79 Å². The van der Waals surface area contributed by atoms with E-state index < -0.39 is 0 Å². The Morgan fingerprint density at radius 3 is 2.69 bits per heavy atom. The molecule has 1 aromatic rings. The van der Waals surface area contributed by atoms with Crippen molar-refractivity contribution in [1.29, 1.82) is 0 Å². The van der Waals surface area contributed by atoms with Crippen LogP contribution in [0.1, 0.15) is 12.0 Å². The lowest BCUT2D eigenvalue weighted by atomic mass is 10.2. The van der Waals surface area contributed by atoms with Crippen LogP contribution in [0.25, 0.3) is 0 Å². The van der Waals surface area contributed by atoms with Gasteiger partial charge in [0.25, 0.3) is 0 Å². The summed E-state index contributed by atoms with van der Waals surface area (Å²) in [6.45, 7) is 2.54. The highest BCUT2D eigenvalue weighted by Crippen LogP contribution is 2.22. The maximum absolute atomic E-state index is 10.0. The zero-order chi connectivity index (χ0) is 11.8. The molecule has 0 aromatic heterocycles. The van der Waals surface area contributed by atoms with Gasteiger partial charge in [-0.2, -0.15) is 0 Å². The van der Waals surface area contributed by atoms with Gasteiger partial charge < -0.3 is 9.47 Å². The molecule has 0 atom stereocenters. The van der Waals surface area contributed by atoms with Gasteiger partial charge in [-0.3, -0.25) is 4.79 Å². The summed E-state index contributed by atoms with van der Waals surface area (Å²) in [4.78, 5) is 10.0. The smallest absolute Gasteiger partial charge is 0.142 e. The molecule has 0 saturated heterocycles. The SMILES string of the molecule is COc1cc(C)cc(OCC/C=C/C=O)c1. The molecular formula is C13H16O3. The Bertz CT molecular complexity index is 369. The van der Waals surface area contributed by atoms with Crippen molar-refractivity contribution >= 4 is 6.29 Å². The standard InChI is InChI=1S/C13H16O3/c1-11-8-12(15-2)10-13(9-11)16-7-5-3-4-6-14/h3-4,6,8-10H,5,7H2,1-2H3/b4-3+. The number of carbonyl (C=O) groups excluding carboxylic acids is 1. The van der Waals surface area contributed by atoms with Gasteiger partial charge in [0.15, 0.2) is 0 Å². The van der Waals surface area contributed by atoms with Crippen molar-refractivity contribution in [2.24, 2.45) is 0 Å². The number of aldehydes is 1. The molecule has 3 heteroatoms. The Labute approximate surface area is 95.7 Å². The summed E-state index contributed by atoms with van der Waals surface area (Å²) in [5.41, 5.74) is 1.10. The quantitative estimate of drug-likeness (QED) is 0.420. The van der Waals surface area contributed by atoms with Gasteiger partial charge in [-0.25, -0.2) is 0 Å². The van der Waals surface area contributed by atoms with Crippen molar-refractivity contribution in [2.75, 3.05) is 13.7 Å². The molecule has 0 aliphatic heterocycles. The van der Waals surface area contributed by atoms with Crippen molar-refractivity contribution in [2.45, 2.75) is 13.3 Å². The summed E-state index contributed by atoms with van der Waals surface area (Å²) in [6.07, 6.45) is 4.73. The molecule has 0 fully saturated rings. The first-order valence-corrected chi connectivity index (χ1v) is 5.15. The molecule has 0 radical (unpaired) electrons. The Morgan fingerprint density at radius 1 is 1.25 bits per heavy atom. The lowest BCUT2D eigenvalue weighted by molar-refractivity contribution is -0.104. The van der Waals surface area contributed by atoms with E-state index in [1.165, 1.54) is 6.08 Å². The predicted octanol–water partition coefficient (Wildman–Crippen LogP) is 2.53. The van der Waals surface area contributed by atoms with Crippen molar-refractivity contribution in [3.8, 4) is 11.5 Å². The second-order valence-electron chi connectivity index (χ2n) is 3.39. The summed E-state index contributed by atoms with van der Waals surface area (Å²) in [7, 11) is 1.63. The molecule has 86 valence electrons. The average molecular weight is 220 g/mol. The van der Waals surface area contributed by atoms with Gasteiger partial charge in [-0.1, -0.05) is 6.08 Å². The van der Waals surface area contributed by atoms with Crippen LogP contribution in [-0.2, 0) is 4.79 Å². The number of methoxy groups -OCH3 is 1. The van der Waals surface area contributed by atoms with Gasteiger partial charge in [0, 0.05) is 6.07 Å². The summed E-state index contributed by atoms with van der Waals surface area (Å²) in [5, 5.41) is 0. The largest absolute Gasteiger partial charge is 0.497 e. The van der Waals surface area contributed by atoms with Gasteiger partial charge in [-0.05, 0) is 37.1 Å². The number of benzene rings is 1. The zero-order valence-electron chi connectivity index (χ0n) is 9.60. The van der Waals surface area contributed by atoms with Crippen molar-refractivity contribution in [1.82, 2.24) is 0 Å². The summed E-state index contributed by atoms with van der Waals surface area (Å²) < 4.78 is 10.7. The fraction of sp³-hybridized carbons (Fsp3) is 0.308. The van der Waals surface area contributed by atoms with E-state index in [0.717, 1.165) is 29.8 Å². The van der Waals surface area contributed by atoms with E-state index in [2.05, 4.69) is 0 Å². The molecule has 0 aliphatic carbocycles. The average Bonchev–Trinajstić information content (AvgIpc) is 2.28. The molecule has 0 bridgehead atoms. The minimum Gasteiger partial charge on any atom is -0.497 e. The molecule has 0 saturated carbocycles. The van der Waals surface area contributed by atoms with E-state index in [-0.39, 0.29) is 0 Å². The first kappa shape index (κ1) is 12.3. The third-order valence-electron chi connectivity index (χ3n) is 2.03. The first-order chi connectivity index (χ1) is 7.76. The molecule has 1 aromatic carbocycles. The highest BCUT2D eigenvalue weighted by Gasteiger charge is 1.98. The number of hydrogen-bond donors (Lipinski definition) is 0. The number of allylic oxidation sites excluding steroid dienone is 1. The van der Waals surface area contributed by atoms with E-state index in [0.29, 0.717) is 6.61 Å². The minimum atomic E-state index is 0.553. The van der Waals surface area contributed by atoms with Crippen molar-refractivity contribution in [3.05, 3.63) is 35.9 Å². The minimum absolute atomic E-state index is 0.553. The Balaban J connectivity index is 2.50. The van der Waals surface area contributed by atoms with Crippen LogP contribution in [-0.4, -0.2) is 20.0 Å². The van der Waals surface area contributed by atoms with Gasteiger partial charge in [-0.15, -0.1) is 0 Å². The summed E-state index contributed by atoms with van der Waals surface area (Å²) in [5.74, 6) is 1.58. The molecule has 0 aliphatic rings. The normalized spacial score (nSPS) is 10.4. The number of rotatable bonds is 6. The Kier molecular flexibility index (Phi) is 5.12. The van der Waals surface area contributed by atoms with E-state index in [4.69, 9.17) is 9.47 Å². The van der Waals surface area contributed by atoms with E-state index in [1.807, 2.05) is 25.1 Å². The van der Waals surface area contributed by atoms with E-state index in [1.54, 1.807) is 13.2 Å². The van der Waals surface area contributed by atoms with Gasteiger partial charge in [0.1, 0.15) is 17.8 Å². The van der Waals surface area contributed by atoms with Crippen LogP contribution in [0.4, 0.5) is 0 Å². The van der Waals surface area contributed by atoms with Crippen LogP contribution in [0.2, 0.25) is 0 Å². The molecule has 1 rings (SSSR count). The van der Waals surface area contributed by atoms with Crippen LogP contribution < -0.4 is 9.47 Å². The Morgan fingerprint density at radius 2 is 2.00 bits per heavy atom. The van der Waals surface area contributed by atoms with Crippen molar-refractivity contribution < 1.29 is 14.3 Å². The number of hydrogen-bond acceptors (Lipinski definition) is 3. The topological polar surface area (TPSA) is 35.5 Å². The maximum atomic E-state index is 10.0. The number of carbonyl (C=O) groups is 1. The third-order valence-corrected chi connectivity index (χ3v) is 2.03. The molecule has 16 heavy (non-hydrogen) atoms. The molecule has 0 N–H and O–H groups in total. The first-order valence-electron chi connectivity index (χ1n) is 5.15. The maximum Gasteiger partial charge on any atom is 0.142 e. The lowest BCUT2D eigenvalue weighted by Crippen LogP contribution is -1.96. The molecule has 0 unspecified atom stereocenters. The predicted molar refractivity (Wildman–Crippen MR) is 63.0 cm³/mol. The molecular weight excluding hydrogens is 204 g/mol. The second kappa shape index (κ2) is 6.67.